The van der Waals surface area contributed by atoms with Crippen LogP contribution < -0.4 is 5.32 Å². The molecular weight excluding hydrogens is 234 g/mol. The molecule has 18 heavy (non-hydrogen) atoms. The SMILES string of the molecule is COCC(=O)Nc1ccc(-n2cnnn2)c(C)c1. The first-order valence-corrected chi connectivity index (χ1v) is 5.33. The van der Waals surface area contributed by atoms with Gasteiger partial charge in [-0.25, -0.2) is 4.68 Å². The van der Waals surface area contributed by atoms with Crippen molar-refractivity contribution in [2.45, 2.75) is 6.92 Å². The predicted octanol–water partition coefficient (Wildman–Crippen LogP) is 0.556. The van der Waals surface area contributed by atoms with E-state index in [2.05, 4.69) is 20.8 Å². The minimum Gasteiger partial charge on any atom is -0.375 e. The number of nitrogens with one attached hydrogen (secondary N) is 1. The maximum absolute atomic E-state index is 11.4. The Bertz CT molecular complexity index is 538. The summed E-state index contributed by atoms with van der Waals surface area (Å²) < 4.78 is 6.31. The Morgan fingerprint density at radius 3 is 2.94 bits per heavy atom. The van der Waals surface area contributed by atoms with Gasteiger partial charge >= 0.3 is 0 Å². The van der Waals surface area contributed by atoms with Crippen LogP contribution in [0.3, 0.4) is 0 Å². The first kappa shape index (κ1) is 12.2. The third-order valence-electron chi connectivity index (χ3n) is 2.35. The van der Waals surface area contributed by atoms with Gasteiger partial charge < -0.3 is 10.1 Å². The maximum Gasteiger partial charge on any atom is 0.250 e. The molecule has 0 aliphatic rings. The molecule has 0 atom stereocenters. The number of nitrogens with zero attached hydrogens (tertiary/aromatic N) is 4. The summed E-state index contributed by atoms with van der Waals surface area (Å²) in [5.41, 5.74) is 2.54. The number of rotatable bonds is 4. The molecule has 1 N–H and O–H groups in total. The standard InChI is InChI=1S/C11H13N5O2/c1-8-5-9(13-11(17)6-18-2)3-4-10(8)16-7-12-14-15-16/h3-5,7H,6H2,1-2H3,(H,13,17). The van der Waals surface area contributed by atoms with Gasteiger partial charge in [0.1, 0.15) is 12.9 Å². The van der Waals surface area contributed by atoms with Gasteiger partial charge in [0, 0.05) is 12.8 Å². The van der Waals surface area contributed by atoms with Crippen molar-refractivity contribution in [1.82, 2.24) is 20.2 Å². The van der Waals surface area contributed by atoms with Gasteiger partial charge in [-0.2, -0.15) is 0 Å². The molecule has 0 aliphatic carbocycles. The number of benzene rings is 1. The number of aryl methyl sites for hydroxylation is 1. The summed E-state index contributed by atoms with van der Waals surface area (Å²) in [7, 11) is 1.48. The highest BCUT2D eigenvalue weighted by Gasteiger charge is 2.06. The van der Waals surface area contributed by atoms with Crippen molar-refractivity contribution < 1.29 is 9.53 Å². The molecular formula is C11H13N5O2. The van der Waals surface area contributed by atoms with Crippen LogP contribution in [0.25, 0.3) is 5.69 Å². The van der Waals surface area contributed by atoms with Crippen molar-refractivity contribution in [2.75, 3.05) is 19.0 Å². The normalized spacial score (nSPS) is 10.3. The number of aromatic nitrogens is 4. The summed E-state index contributed by atoms with van der Waals surface area (Å²) in [5, 5.41) is 13.7. The number of carbonyl (C=O) groups excluding carboxylic acids is 1. The fourth-order valence-corrected chi connectivity index (χ4v) is 1.59. The molecule has 1 aromatic carbocycles. The van der Waals surface area contributed by atoms with Crippen molar-refractivity contribution in [3.05, 3.63) is 30.1 Å². The molecule has 7 nitrogen and oxygen atoms in total. The predicted molar refractivity (Wildman–Crippen MR) is 64.4 cm³/mol. The lowest BCUT2D eigenvalue weighted by molar-refractivity contribution is -0.119. The van der Waals surface area contributed by atoms with Gasteiger partial charge in [0.2, 0.25) is 5.91 Å². The molecule has 0 unspecified atom stereocenters. The Hall–Kier alpha value is -2.28. The molecule has 0 saturated carbocycles. The third kappa shape index (κ3) is 2.69. The van der Waals surface area contributed by atoms with E-state index in [1.165, 1.54) is 13.4 Å². The fourth-order valence-electron chi connectivity index (χ4n) is 1.59. The van der Waals surface area contributed by atoms with Gasteiger partial charge in [-0.05, 0) is 41.1 Å². The van der Waals surface area contributed by atoms with E-state index < -0.39 is 0 Å². The summed E-state index contributed by atoms with van der Waals surface area (Å²) >= 11 is 0. The van der Waals surface area contributed by atoms with E-state index in [1.807, 2.05) is 19.1 Å². The van der Waals surface area contributed by atoms with Crippen LogP contribution in [0.15, 0.2) is 24.5 Å². The largest absolute Gasteiger partial charge is 0.375 e. The molecule has 1 amide bonds. The lowest BCUT2D eigenvalue weighted by Gasteiger charge is -2.08. The zero-order valence-electron chi connectivity index (χ0n) is 10.1. The number of amides is 1. The molecule has 0 spiro atoms. The van der Waals surface area contributed by atoms with Gasteiger partial charge in [-0.3, -0.25) is 4.79 Å². The van der Waals surface area contributed by atoms with E-state index in [4.69, 9.17) is 4.74 Å². The Kier molecular flexibility index (Phi) is 3.63. The second kappa shape index (κ2) is 5.37. The minimum atomic E-state index is -0.188. The lowest BCUT2D eigenvalue weighted by atomic mass is 10.2. The molecule has 7 heteroatoms. The number of hydrogen-bond acceptors (Lipinski definition) is 5. The van der Waals surface area contributed by atoms with Crippen molar-refractivity contribution in [2.24, 2.45) is 0 Å². The molecule has 1 aromatic heterocycles. The molecule has 0 fully saturated rings. The average molecular weight is 247 g/mol. The molecule has 2 aromatic rings. The number of hydrogen-bond donors (Lipinski definition) is 1. The van der Waals surface area contributed by atoms with E-state index in [-0.39, 0.29) is 12.5 Å². The van der Waals surface area contributed by atoms with Gasteiger partial charge in [0.15, 0.2) is 0 Å². The van der Waals surface area contributed by atoms with Crippen LogP contribution in [0.4, 0.5) is 5.69 Å². The molecule has 94 valence electrons. The van der Waals surface area contributed by atoms with Crippen LogP contribution >= 0.6 is 0 Å². The van der Waals surface area contributed by atoms with E-state index in [0.29, 0.717) is 5.69 Å². The smallest absolute Gasteiger partial charge is 0.250 e. The molecule has 0 aliphatic heterocycles. The van der Waals surface area contributed by atoms with Crippen LogP contribution in [-0.4, -0.2) is 39.8 Å². The highest BCUT2D eigenvalue weighted by atomic mass is 16.5. The fraction of sp³-hybridized carbons (Fsp3) is 0.273. The van der Waals surface area contributed by atoms with Gasteiger partial charge in [0.25, 0.3) is 0 Å². The van der Waals surface area contributed by atoms with Gasteiger partial charge in [0.05, 0.1) is 5.69 Å². The summed E-state index contributed by atoms with van der Waals surface area (Å²) in [6, 6.07) is 5.48. The topological polar surface area (TPSA) is 81.9 Å². The van der Waals surface area contributed by atoms with E-state index in [9.17, 15) is 4.79 Å². The van der Waals surface area contributed by atoms with Crippen LogP contribution in [-0.2, 0) is 9.53 Å². The van der Waals surface area contributed by atoms with E-state index in [1.54, 1.807) is 10.7 Å². The Morgan fingerprint density at radius 1 is 1.50 bits per heavy atom. The maximum atomic E-state index is 11.4. The number of ether oxygens (including phenoxy) is 1. The number of methoxy groups -OCH3 is 1. The Morgan fingerprint density at radius 2 is 2.33 bits per heavy atom. The van der Waals surface area contributed by atoms with Crippen molar-refractivity contribution >= 4 is 11.6 Å². The quantitative estimate of drug-likeness (QED) is 0.853. The third-order valence-corrected chi connectivity index (χ3v) is 2.35. The minimum absolute atomic E-state index is 0.0355. The summed E-state index contributed by atoms with van der Waals surface area (Å²) in [5.74, 6) is -0.188. The van der Waals surface area contributed by atoms with Crippen molar-refractivity contribution in [3.8, 4) is 5.69 Å². The molecule has 0 saturated heterocycles. The number of carbonyl (C=O) groups is 1. The summed E-state index contributed by atoms with van der Waals surface area (Å²) in [6.45, 7) is 1.96. The highest BCUT2D eigenvalue weighted by Crippen LogP contribution is 2.17. The van der Waals surface area contributed by atoms with Crippen molar-refractivity contribution in [1.29, 1.82) is 0 Å². The van der Waals surface area contributed by atoms with Crippen LogP contribution in [0.5, 0.6) is 0 Å². The lowest BCUT2D eigenvalue weighted by Crippen LogP contribution is -2.17. The first-order chi connectivity index (χ1) is 8.70. The first-order valence-electron chi connectivity index (χ1n) is 5.33. The van der Waals surface area contributed by atoms with Crippen LogP contribution in [0, 0.1) is 6.92 Å². The second-order valence-electron chi connectivity index (χ2n) is 3.74. The monoisotopic (exact) mass is 247 g/mol. The molecule has 1 heterocycles. The number of tetrazole rings is 1. The van der Waals surface area contributed by atoms with Crippen LogP contribution in [0.1, 0.15) is 5.56 Å². The zero-order valence-corrected chi connectivity index (χ0v) is 10.1. The van der Waals surface area contributed by atoms with Gasteiger partial charge in [-0.1, -0.05) is 0 Å². The Labute approximate surface area is 104 Å². The Balaban J connectivity index is 2.18. The molecule has 2 rings (SSSR count). The van der Waals surface area contributed by atoms with E-state index in [0.717, 1.165) is 11.3 Å². The molecule has 0 radical (unpaired) electrons. The second-order valence-corrected chi connectivity index (χ2v) is 3.74. The zero-order chi connectivity index (χ0) is 13.0. The highest BCUT2D eigenvalue weighted by molar-refractivity contribution is 5.91. The van der Waals surface area contributed by atoms with Crippen molar-refractivity contribution in [3.63, 3.8) is 0 Å². The summed E-state index contributed by atoms with van der Waals surface area (Å²) in [4.78, 5) is 11.4. The average Bonchev–Trinajstić information content (AvgIpc) is 2.82. The van der Waals surface area contributed by atoms with Gasteiger partial charge in [-0.15, -0.1) is 5.10 Å². The molecule has 0 bridgehead atoms. The number of anilines is 1. The van der Waals surface area contributed by atoms with E-state index >= 15 is 0 Å². The summed E-state index contributed by atoms with van der Waals surface area (Å²) in [6.07, 6.45) is 1.52. The van der Waals surface area contributed by atoms with Crippen LogP contribution in [0.2, 0.25) is 0 Å².